The fourth-order valence-electron chi connectivity index (χ4n) is 2.58. The zero-order valence-corrected chi connectivity index (χ0v) is 16.3. The summed E-state index contributed by atoms with van der Waals surface area (Å²) < 4.78 is 12.8. The first-order chi connectivity index (χ1) is 12.8. The topological polar surface area (TPSA) is 30.5 Å². The summed E-state index contributed by atoms with van der Waals surface area (Å²) in [6, 6.07) is 24.3. The summed E-state index contributed by atoms with van der Waals surface area (Å²) in [5, 5.41) is 3.42. The average molecular weight is 412 g/mol. The lowest BCUT2D eigenvalue weighted by atomic mass is 10.2. The average Bonchev–Trinajstić information content (AvgIpc) is 2.68. The van der Waals surface area contributed by atoms with Crippen LogP contribution in [-0.2, 0) is 13.2 Å². The van der Waals surface area contributed by atoms with E-state index in [4.69, 9.17) is 9.47 Å². The first kappa shape index (κ1) is 18.3. The van der Waals surface area contributed by atoms with Crippen LogP contribution in [0.2, 0.25) is 0 Å². The molecule has 0 saturated heterocycles. The zero-order chi connectivity index (χ0) is 18.2. The van der Waals surface area contributed by atoms with E-state index in [1.165, 1.54) is 0 Å². The Bertz CT molecular complexity index is 822. The van der Waals surface area contributed by atoms with Crippen molar-refractivity contribution in [2.24, 2.45) is 0 Å². The quantitative estimate of drug-likeness (QED) is 0.489. The number of nitrogens with one attached hydrogen (secondary N) is 1. The molecule has 134 valence electrons. The molecule has 0 atom stereocenters. The van der Waals surface area contributed by atoms with Gasteiger partial charge in [-0.1, -0.05) is 64.5 Å². The zero-order valence-electron chi connectivity index (χ0n) is 14.7. The Hall–Kier alpha value is -2.46. The third-order valence-electron chi connectivity index (χ3n) is 3.91. The van der Waals surface area contributed by atoms with Crippen molar-refractivity contribution in [2.45, 2.75) is 20.1 Å². The number of hydrogen-bond acceptors (Lipinski definition) is 3. The minimum atomic E-state index is 0.509. The summed E-state index contributed by atoms with van der Waals surface area (Å²) >= 11 is 3.66. The third-order valence-corrected chi connectivity index (χ3v) is 4.64. The van der Waals surface area contributed by atoms with Gasteiger partial charge in [0.05, 0.1) is 6.61 Å². The van der Waals surface area contributed by atoms with Gasteiger partial charge in [-0.05, 0) is 42.3 Å². The number of benzene rings is 3. The molecule has 0 aliphatic heterocycles. The Kier molecular flexibility index (Phi) is 6.56. The van der Waals surface area contributed by atoms with Crippen LogP contribution in [0, 0.1) is 0 Å². The Morgan fingerprint density at radius 3 is 2.19 bits per heavy atom. The maximum absolute atomic E-state index is 6.00. The first-order valence-electron chi connectivity index (χ1n) is 8.67. The molecular formula is C22H22BrNO2. The highest BCUT2D eigenvalue weighted by Gasteiger charge is 2.11. The van der Waals surface area contributed by atoms with E-state index >= 15 is 0 Å². The van der Waals surface area contributed by atoms with E-state index in [0.29, 0.717) is 19.8 Å². The molecule has 0 unspecified atom stereocenters. The van der Waals surface area contributed by atoms with Crippen LogP contribution in [0.4, 0.5) is 5.69 Å². The van der Waals surface area contributed by atoms with E-state index in [-0.39, 0.29) is 0 Å². The molecule has 0 aliphatic carbocycles. The lowest BCUT2D eigenvalue weighted by Crippen LogP contribution is -2.04. The number of hydrogen-bond donors (Lipinski definition) is 1. The molecule has 4 heteroatoms. The second-order valence-corrected chi connectivity index (χ2v) is 6.67. The molecule has 0 saturated carbocycles. The number of para-hydroxylation sites is 1. The van der Waals surface area contributed by atoms with Gasteiger partial charge in [0.1, 0.15) is 6.61 Å². The predicted octanol–water partition coefficient (Wildman–Crippen LogP) is 6.04. The molecular weight excluding hydrogens is 390 g/mol. The van der Waals surface area contributed by atoms with Gasteiger partial charge in [0.25, 0.3) is 0 Å². The van der Waals surface area contributed by atoms with Crippen molar-refractivity contribution in [3.8, 4) is 11.5 Å². The van der Waals surface area contributed by atoms with E-state index in [0.717, 1.165) is 32.8 Å². The molecule has 3 aromatic rings. The maximum atomic E-state index is 6.00. The summed E-state index contributed by atoms with van der Waals surface area (Å²) in [4.78, 5) is 0. The molecule has 1 N–H and O–H groups in total. The number of halogens is 1. The molecule has 3 rings (SSSR count). The molecule has 0 aromatic heterocycles. The molecule has 3 nitrogen and oxygen atoms in total. The van der Waals surface area contributed by atoms with E-state index in [1.54, 1.807) is 0 Å². The highest BCUT2D eigenvalue weighted by Crippen LogP contribution is 2.34. The fourth-order valence-corrected chi connectivity index (χ4v) is 3.04. The van der Waals surface area contributed by atoms with Gasteiger partial charge in [0.15, 0.2) is 11.5 Å². The standard InChI is InChI=1S/C22H22BrNO2/c1-2-25-21-13-18(15-24-19-11-7-4-8-12-19)20(23)14-22(21)26-16-17-9-5-3-6-10-17/h3-14,24H,2,15-16H2,1H3. The molecule has 0 spiro atoms. The van der Waals surface area contributed by atoms with E-state index in [2.05, 4.69) is 33.4 Å². The SMILES string of the molecule is CCOc1cc(CNc2ccccc2)c(Br)cc1OCc1ccccc1. The second kappa shape index (κ2) is 9.30. The van der Waals surface area contributed by atoms with Crippen molar-refractivity contribution in [1.82, 2.24) is 0 Å². The van der Waals surface area contributed by atoms with E-state index < -0.39 is 0 Å². The van der Waals surface area contributed by atoms with Crippen LogP contribution in [0.3, 0.4) is 0 Å². The van der Waals surface area contributed by atoms with Gasteiger partial charge in [-0.25, -0.2) is 0 Å². The normalized spacial score (nSPS) is 10.4. The summed E-state index contributed by atoms with van der Waals surface area (Å²) in [6.07, 6.45) is 0. The highest BCUT2D eigenvalue weighted by molar-refractivity contribution is 9.10. The minimum Gasteiger partial charge on any atom is -0.490 e. The van der Waals surface area contributed by atoms with Crippen LogP contribution in [0.1, 0.15) is 18.1 Å². The van der Waals surface area contributed by atoms with Crippen molar-refractivity contribution in [1.29, 1.82) is 0 Å². The van der Waals surface area contributed by atoms with E-state index in [9.17, 15) is 0 Å². The van der Waals surface area contributed by atoms with Gasteiger partial charge in [-0.2, -0.15) is 0 Å². The monoisotopic (exact) mass is 411 g/mol. The van der Waals surface area contributed by atoms with E-state index in [1.807, 2.05) is 67.6 Å². The number of rotatable bonds is 8. The van der Waals surface area contributed by atoms with Gasteiger partial charge in [-0.3, -0.25) is 0 Å². The number of anilines is 1. The summed E-state index contributed by atoms with van der Waals surface area (Å²) in [7, 11) is 0. The van der Waals surface area contributed by atoms with Crippen molar-refractivity contribution in [3.63, 3.8) is 0 Å². The first-order valence-corrected chi connectivity index (χ1v) is 9.46. The second-order valence-electron chi connectivity index (χ2n) is 5.82. The maximum Gasteiger partial charge on any atom is 0.162 e. The smallest absolute Gasteiger partial charge is 0.162 e. The number of ether oxygens (including phenoxy) is 2. The van der Waals surface area contributed by atoms with Crippen molar-refractivity contribution >= 4 is 21.6 Å². The highest BCUT2D eigenvalue weighted by atomic mass is 79.9. The van der Waals surface area contributed by atoms with Crippen LogP contribution >= 0.6 is 15.9 Å². The predicted molar refractivity (Wildman–Crippen MR) is 110 cm³/mol. The Morgan fingerprint density at radius 1 is 0.846 bits per heavy atom. The van der Waals surface area contributed by atoms with Crippen LogP contribution in [0.25, 0.3) is 0 Å². The van der Waals surface area contributed by atoms with Gasteiger partial charge >= 0.3 is 0 Å². The van der Waals surface area contributed by atoms with Crippen LogP contribution < -0.4 is 14.8 Å². The Labute approximate surface area is 163 Å². The Morgan fingerprint density at radius 2 is 1.50 bits per heavy atom. The molecule has 3 aromatic carbocycles. The van der Waals surface area contributed by atoms with Crippen LogP contribution in [0.5, 0.6) is 11.5 Å². The van der Waals surface area contributed by atoms with Gasteiger partial charge in [0, 0.05) is 16.7 Å². The summed E-state index contributed by atoms with van der Waals surface area (Å²) in [6.45, 7) is 3.78. The van der Waals surface area contributed by atoms with Crippen molar-refractivity contribution in [2.75, 3.05) is 11.9 Å². The fraction of sp³-hybridized carbons (Fsp3) is 0.182. The van der Waals surface area contributed by atoms with Crippen molar-refractivity contribution in [3.05, 3.63) is 88.4 Å². The molecule has 0 radical (unpaired) electrons. The largest absolute Gasteiger partial charge is 0.490 e. The lowest BCUT2D eigenvalue weighted by Gasteiger charge is -2.16. The van der Waals surface area contributed by atoms with Crippen LogP contribution in [-0.4, -0.2) is 6.61 Å². The molecule has 26 heavy (non-hydrogen) atoms. The molecule has 0 amide bonds. The minimum absolute atomic E-state index is 0.509. The molecule has 0 fully saturated rings. The summed E-state index contributed by atoms with van der Waals surface area (Å²) in [5.41, 5.74) is 3.33. The third kappa shape index (κ3) is 5.02. The lowest BCUT2D eigenvalue weighted by molar-refractivity contribution is 0.269. The Balaban J connectivity index is 1.74. The van der Waals surface area contributed by atoms with Crippen LogP contribution in [0.15, 0.2) is 77.3 Å². The summed E-state index contributed by atoms with van der Waals surface area (Å²) in [5.74, 6) is 1.50. The molecule has 0 bridgehead atoms. The molecule has 0 heterocycles. The van der Waals surface area contributed by atoms with Gasteiger partial charge in [0.2, 0.25) is 0 Å². The van der Waals surface area contributed by atoms with Crippen molar-refractivity contribution < 1.29 is 9.47 Å². The van der Waals surface area contributed by atoms with Gasteiger partial charge in [-0.15, -0.1) is 0 Å². The van der Waals surface area contributed by atoms with Gasteiger partial charge < -0.3 is 14.8 Å². The molecule has 0 aliphatic rings.